The SMILES string of the molecule is O=C(O)CC[C@@H]1CC[C@H](C(F)(F)F)O1. The summed E-state index contributed by atoms with van der Waals surface area (Å²) >= 11 is 0. The van der Waals surface area contributed by atoms with Crippen molar-refractivity contribution in [3.63, 3.8) is 0 Å². The van der Waals surface area contributed by atoms with E-state index in [0.717, 1.165) is 0 Å². The zero-order valence-corrected chi connectivity index (χ0v) is 7.38. The Balaban J connectivity index is 2.31. The number of ether oxygens (including phenoxy) is 1. The van der Waals surface area contributed by atoms with Crippen molar-refractivity contribution in [1.29, 1.82) is 0 Å². The smallest absolute Gasteiger partial charge is 0.414 e. The van der Waals surface area contributed by atoms with Gasteiger partial charge in [0.2, 0.25) is 0 Å². The van der Waals surface area contributed by atoms with Gasteiger partial charge in [-0.05, 0) is 19.3 Å². The van der Waals surface area contributed by atoms with Crippen LogP contribution in [0.15, 0.2) is 0 Å². The Morgan fingerprint density at radius 1 is 1.43 bits per heavy atom. The molecule has 1 saturated heterocycles. The van der Waals surface area contributed by atoms with Gasteiger partial charge in [0, 0.05) is 6.42 Å². The van der Waals surface area contributed by atoms with Crippen LogP contribution in [-0.4, -0.2) is 29.5 Å². The highest BCUT2D eigenvalue weighted by atomic mass is 19.4. The molecule has 3 nitrogen and oxygen atoms in total. The van der Waals surface area contributed by atoms with Gasteiger partial charge in [-0.3, -0.25) is 4.79 Å². The lowest BCUT2D eigenvalue weighted by molar-refractivity contribution is -0.215. The summed E-state index contributed by atoms with van der Waals surface area (Å²) < 4.78 is 41.0. The van der Waals surface area contributed by atoms with Gasteiger partial charge in [0.1, 0.15) is 0 Å². The zero-order valence-electron chi connectivity index (χ0n) is 7.38. The van der Waals surface area contributed by atoms with Crippen LogP contribution in [0.25, 0.3) is 0 Å². The maximum absolute atomic E-state index is 12.1. The Bertz CT molecular complexity index is 214. The molecule has 82 valence electrons. The molecule has 0 aromatic carbocycles. The largest absolute Gasteiger partial charge is 0.481 e. The minimum atomic E-state index is -4.32. The van der Waals surface area contributed by atoms with Crippen molar-refractivity contribution in [1.82, 2.24) is 0 Å². The summed E-state index contributed by atoms with van der Waals surface area (Å²) in [7, 11) is 0. The lowest BCUT2D eigenvalue weighted by Crippen LogP contribution is -2.28. The molecule has 0 radical (unpaired) electrons. The molecule has 0 spiro atoms. The maximum Gasteiger partial charge on any atom is 0.414 e. The standard InChI is InChI=1S/C8H11F3O3/c9-8(10,11)6-3-1-5(14-6)2-4-7(12)13/h5-6H,1-4H2,(H,12,13)/t5-,6+/m0/s1. The number of hydrogen-bond acceptors (Lipinski definition) is 2. The minimum absolute atomic E-state index is 0.0617. The van der Waals surface area contributed by atoms with E-state index in [1.807, 2.05) is 0 Å². The Kier molecular flexibility index (Phi) is 3.36. The molecule has 0 amide bonds. The van der Waals surface area contributed by atoms with Crippen molar-refractivity contribution in [2.24, 2.45) is 0 Å². The topological polar surface area (TPSA) is 46.5 Å². The number of rotatable bonds is 3. The van der Waals surface area contributed by atoms with Crippen molar-refractivity contribution in [3.8, 4) is 0 Å². The fraction of sp³-hybridized carbons (Fsp3) is 0.875. The van der Waals surface area contributed by atoms with Gasteiger partial charge >= 0.3 is 12.1 Å². The van der Waals surface area contributed by atoms with Gasteiger partial charge in [0.15, 0.2) is 6.10 Å². The molecular formula is C8H11F3O3. The second-order valence-corrected chi connectivity index (χ2v) is 3.30. The predicted octanol–water partition coefficient (Wildman–Crippen LogP) is 1.96. The van der Waals surface area contributed by atoms with Gasteiger partial charge in [-0.25, -0.2) is 0 Å². The van der Waals surface area contributed by atoms with Gasteiger partial charge in [-0.2, -0.15) is 13.2 Å². The molecule has 1 aliphatic rings. The van der Waals surface area contributed by atoms with Crippen molar-refractivity contribution >= 4 is 5.97 Å². The lowest BCUT2D eigenvalue weighted by Gasteiger charge is -2.15. The average Bonchev–Trinajstić information content (AvgIpc) is 2.47. The number of aliphatic carboxylic acids is 1. The number of alkyl halides is 3. The van der Waals surface area contributed by atoms with E-state index in [2.05, 4.69) is 4.74 Å². The molecule has 1 fully saturated rings. The first kappa shape index (κ1) is 11.3. The highest BCUT2D eigenvalue weighted by Gasteiger charge is 2.45. The molecular weight excluding hydrogens is 201 g/mol. The number of carboxylic acid groups (broad SMARTS) is 1. The molecule has 0 unspecified atom stereocenters. The number of carboxylic acids is 1. The van der Waals surface area contributed by atoms with E-state index in [9.17, 15) is 18.0 Å². The third-order valence-electron chi connectivity index (χ3n) is 2.15. The zero-order chi connectivity index (χ0) is 10.8. The fourth-order valence-electron chi connectivity index (χ4n) is 1.44. The average molecular weight is 212 g/mol. The van der Waals surface area contributed by atoms with Gasteiger partial charge in [0.05, 0.1) is 6.10 Å². The molecule has 0 aliphatic carbocycles. The van der Waals surface area contributed by atoms with Crippen LogP contribution in [0.3, 0.4) is 0 Å². The van der Waals surface area contributed by atoms with Crippen molar-refractivity contribution in [2.75, 3.05) is 0 Å². The molecule has 1 rings (SSSR count). The van der Waals surface area contributed by atoms with Crippen molar-refractivity contribution in [2.45, 2.75) is 44.1 Å². The first-order chi connectivity index (χ1) is 6.39. The first-order valence-corrected chi connectivity index (χ1v) is 4.33. The molecule has 14 heavy (non-hydrogen) atoms. The van der Waals surface area contributed by atoms with E-state index in [1.165, 1.54) is 0 Å². The molecule has 2 atom stereocenters. The van der Waals surface area contributed by atoms with Crippen LogP contribution in [0.1, 0.15) is 25.7 Å². The normalized spacial score (nSPS) is 27.9. The van der Waals surface area contributed by atoms with Crippen LogP contribution in [0, 0.1) is 0 Å². The van der Waals surface area contributed by atoms with E-state index in [0.29, 0.717) is 0 Å². The Hall–Kier alpha value is -0.780. The van der Waals surface area contributed by atoms with Crippen LogP contribution in [0.4, 0.5) is 13.2 Å². The predicted molar refractivity (Wildman–Crippen MR) is 40.8 cm³/mol. The van der Waals surface area contributed by atoms with Crippen LogP contribution in [0.2, 0.25) is 0 Å². The van der Waals surface area contributed by atoms with Crippen LogP contribution in [0.5, 0.6) is 0 Å². The third kappa shape index (κ3) is 3.17. The fourth-order valence-corrected chi connectivity index (χ4v) is 1.44. The summed E-state index contributed by atoms with van der Waals surface area (Å²) in [5.74, 6) is -1.01. The third-order valence-corrected chi connectivity index (χ3v) is 2.15. The van der Waals surface area contributed by atoms with E-state index in [4.69, 9.17) is 5.11 Å². The van der Waals surface area contributed by atoms with Gasteiger partial charge in [-0.1, -0.05) is 0 Å². The highest BCUT2D eigenvalue weighted by molar-refractivity contribution is 5.66. The molecule has 6 heteroatoms. The summed E-state index contributed by atoms with van der Waals surface area (Å²) in [6, 6.07) is 0. The molecule has 0 aromatic rings. The van der Waals surface area contributed by atoms with E-state index < -0.39 is 24.4 Å². The Morgan fingerprint density at radius 3 is 2.50 bits per heavy atom. The maximum atomic E-state index is 12.1. The summed E-state index contributed by atoms with van der Waals surface area (Å²) in [5, 5.41) is 8.32. The second kappa shape index (κ2) is 4.16. The second-order valence-electron chi connectivity index (χ2n) is 3.30. The molecule has 0 aromatic heterocycles. The minimum Gasteiger partial charge on any atom is -0.481 e. The highest BCUT2D eigenvalue weighted by Crippen LogP contribution is 2.34. The number of hydrogen-bond donors (Lipinski definition) is 1. The molecule has 0 saturated carbocycles. The molecule has 1 aliphatic heterocycles. The Morgan fingerprint density at radius 2 is 2.07 bits per heavy atom. The van der Waals surface area contributed by atoms with Crippen LogP contribution >= 0.6 is 0 Å². The van der Waals surface area contributed by atoms with Crippen LogP contribution < -0.4 is 0 Å². The monoisotopic (exact) mass is 212 g/mol. The number of halogens is 3. The number of carbonyl (C=O) groups is 1. The summed E-state index contributed by atoms with van der Waals surface area (Å²) in [5.41, 5.74) is 0. The van der Waals surface area contributed by atoms with Gasteiger partial charge < -0.3 is 9.84 Å². The van der Waals surface area contributed by atoms with E-state index in [-0.39, 0.29) is 25.7 Å². The lowest BCUT2D eigenvalue weighted by atomic mass is 10.1. The quantitative estimate of drug-likeness (QED) is 0.777. The molecule has 0 bridgehead atoms. The molecule has 1 N–H and O–H groups in total. The van der Waals surface area contributed by atoms with E-state index >= 15 is 0 Å². The van der Waals surface area contributed by atoms with Crippen molar-refractivity contribution in [3.05, 3.63) is 0 Å². The van der Waals surface area contributed by atoms with Crippen LogP contribution in [-0.2, 0) is 9.53 Å². The first-order valence-electron chi connectivity index (χ1n) is 4.33. The van der Waals surface area contributed by atoms with Gasteiger partial charge in [0.25, 0.3) is 0 Å². The van der Waals surface area contributed by atoms with Crippen molar-refractivity contribution < 1.29 is 27.8 Å². The van der Waals surface area contributed by atoms with E-state index in [1.54, 1.807) is 0 Å². The summed E-state index contributed by atoms with van der Waals surface area (Å²) in [6.07, 6.45) is -6.35. The molecule has 1 heterocycles. The van der Waals surface area contributed by atoms with Gasteiger partial charge in [-0.15, -0.1) is 0 Å². The Labute approximate surface area is 78.9 Å². The summed E-state index contributed by atoms with van der Waals surface area (Å²) in [4.78, 5) is 10.2. The summed E-state index contributed by atoms with van der Waals surface area (Å²) in [6.45, 7) is 0.